The van der Waals surface area contributed by atoms with E-state index < -0.39 is 0 Å². The summed E-state index contributed by atoms with van der Waals surface area (Å²) in [6.07, 6.45) is 1.47. The molecule has 0 aliphatic heterocycles. The normalized spacial score (nSPS) is 11.0. The number of oxime groups is 1. The van der Waals surface area contributed by atoms with E-state index in [1.807, 2.05) is 0 Å². The first-order valence-corrected chi connectivity index (χ1v) is 6.01. The van der Waals surface area contributed by atoms with Gasteiger partial charge in [0.15, 0.2) is 5.84 Å². The Kier molecular flexibility index (Phi) is 4.45. The van der Waals surface area contributed by atoms with E-state index in [0.717, 1.165) is 0 Å². The van der Waals surface area contributed by atoms with Crippen molar-refractivity contribution >= 4 is 5.84 Å². The number of methoxy groups -OCH3 is 2. The van der Waals surface area contributed by atoms with Crippen molar-refractivity contribution in [2.75, 3.05) is 14.2 Å². The second-order valence-electron chi connectivity index (χ2n) is 4.01. The van der Waals surface area contributed by atoms with E-state index in [4.69, 9.17) is 25.2 Å². The maximum Gasteiger partial charge on any atom is 0.188 e. The zero-order chi connectivity index (χ0) is 15.2. The van der Waals surface area contributed by atoms with E-state index >= 15 is 0 Å². The maximum absolute atomic E-state index is 8.57. The summed E-state index contributed by atoms with van der Waals surface area (Å²) in [5.41, 5.74) is 5.79. The molecular weight excluding hydrogens is 274 g/mol. The Balaban J connectivity index is 2.21. The SMILES string of the molecule is COc1cc(OC)cc(Oc2ccc(/C(N)=N/O)nc2)c1. The highest BCUT2D eigenvalue weighted by Crippen LogP contribution is 2.30. The topological polar surface area (TPSA) is 99.2 Å². The average Bonchev–Trinajstić information content (AvgIpc) is 2.54. The van der Waals surface area contributed by atoms with E-state index in [1.54, 1.807) is 44.6 Å². The van der Waals surface area contributed by atoms with E-state index in [1.165, 1.54) is 6.20 Å². The number of pyridine rings is 1. The Bertz CT molecular complexity index is 619. The smallest absolute Gasteiger partial charge is 0.188 e. The molecule has 2 rings (SSSR count). The Morgan fingerprint density at radius 2 is 1.67 bits per heavy atom. The molecule has 7 heteroatoms. The summed E-state index contributed by atoms with van der Waals surface area (Å²) in [7, 11) is 3.12. The van der Waals surface area contributed by atoms with Crippen LogP contribution in [0.3, 0.4) is 0 Å². The number of hydrogen-bond donors (Lipinski definition) is 2. The van der Waals surface area contributed by atoms with Gasteiger partial charge in [0, 0.05) is 18.2 Å². The van der Waals surface area contributed by atoms with Gasteiger partial charge in [-0.15, -0.1) is 0 Å². The lowest BCUT2D eigenvalue weighted by Crippen LogP contribution is -2.14. The van der Waals surface area contributed by atoms with Crippen LogP contribution in [0.1, 0.15) is 5.69 Å². The molecule has 0 amide bonds. The minimum atomic E-state index is -0.0652. The molecule has 1 aromatic heterocycles. The van der Waals surface area contributed by atoms with Crippen LogP contribution < -0.4 is 19.9 Å². The van der Waals surface area contributed by atoms with Crippen molar-refractivity contribution in [2.45, 2.75) is 0 Å². The molecule has 0 saturated heterocycles. The molecule has 2 aromatic rings. The lowest BCUT2D eigenvalue weighted by Gasteiger charge is -2.10. The van der Waals surface area contributed by atoms with Gasteiger partial charge >= 0.3 is 0 Å². The largest absolute Gasteiger partial charge is 0.496 e. The zero-order valence-electron chi connectivity index (χ0n) is 11.6. The summed E-state index contributed by atoms with van der Waals surface area (Å²) in [5.74, 6) is 2.21. The highest BCUT2D eigenvalue weighted by atomic mass is 16.5. The third kappa shape index (κ3) is 3.53. The molecule has 0 bridgehead atoms. The molecule has 0 spiro atoms. The molecule has 0 atom stereocenters. The van der Waals surface area contributed by atoms with Crippen LogP contribution in [0.2, 0.25) is 0 Å². The van der Waals surface area contributed by atoms with Crippen LogP contribution in [0, 0.1) is 0 Å². The summed E-state index contributed by atoms with van der Waals surface area (Å²) in [6, 6.07) is 8.43. The van der Waals surface area contributed by atoms with E-state index in [2.05, 4.69) is 10.1 Å². The Morgan fingerprint density at radius 1 is 1.05 bits per heavy atom. The monoisotopic (exact) mass is 289 g/mol. The average molecular weight is 289 g/mol. The predicted molar refractivity (Wildman–Crippen MR) is 76.4 cm³/mol. The van der Waals surface area contributed by atoms with Crippen LogP contribution in [0.5, 0.6) is 23.0 Å². The van der Waals surface area contributed by atoms with Gasteiger partial charge in [-0.2, -0.15) is 0 Å². The number of amidine groups is 1. The van der Waals surface area contributed by atoms with Gasteiger partial charge in [-0.1, -0.05) is 5.16 Å². The summed E-state index contributed by atoms with van der Waals surface area (Å²) in [6.45, 7) is 0. The molecule has 1 aromatic carbocycles. The molecule has 21 heavy (non-hydrogen) atoms. The highest BCUT2D eigenvalue weighted by molar-refractivity contribution is 5.95. The van der Waals surface area contributed by atoms with Gasteiger partial charge < -0.3 is 25.2 Å². The third-order valence-corrected chi connectivity index (χ3v) is 2.67. The van der Waals surface area contributed by atoms with Gasteiger partial charge in [0.25, 0.3) is 0 Å². The lowest BCUT2D eigenvalue weighted by molar-refractivity contribution is 0.318. The molecule has 1 heterocycles. The summed E-state index contributed by atoms with van der Waals surface area (Å²) in [5, 5.41) is 11.4. The van der Waals surface area contributed by atoms with Crippen molar-refractivity contribution in [3.8, 4) is 23.0 Å². The second-order valence-corrected chi connectivity index (χ2v) is 4.01. The fraction of sp³-hybridized carbons (Fsp3) is 0.143. The van der Waals surface area contributed by atoms with Crippen LogP contribution in [-0.4, -0.2) is 30.2 Å². The molecule has 0 aliphatic rings. The first-order chi connectivity index (χ1) is 10.2. The van der Waals surface area contributed by atoms with Gasteiger partial charge in [-0.3, -0.25) is 0 Å². The molecule has 0 fully saturated rings. The summed E-state index contributed by atoms with van der Waals surface area (Å²) in [4.78, 5) is 4.03. The Morgan fingerprint density at radius 3 is 2.14 bits per heavy atom. The Hall–Kier alpha value is -2.96. The van der Waals surface area contributed by atoms with Crippen LogP contribution >= 0.6 is 0 Å². The van der Waals surface area contributed by atoms with E-state index in [-0.39, 0.29) is 5.84 Å². The van der Waals surface area contributed by atoms with Crippen LogP contribution in [0.4, 0.5) is 0 Å². The van der Waals surface area contributed by atoms with Crippen LogP contribution in [0.25, 0.3) is 0 Å². The number of aromatic nitrogens is 1. The van der Waals surface area contributed by atoms with Crippen molar-refractivity contribution in [3.05, 3.63) is 42.2 Å². The molecule has 110 valence electrons. The molecule has 0 aliphatic carbocycles. The Labute approximate surface area is 121 Å². The molecular formula is C14H15N3O4. The number of benzene rings is 1. The molecule has 7 nitrogen and oxygen atoms in total. The summed E-state index contributed by atoms with van der Waals surface area (Å²) >= 11 is 0. The fourth-order valence-electron chi connectivity index (χ4n) is 1.62. The standard InChI is InChI=1S/C14H15N3O4/c1-19-10-5-11(20-2)7-12(6-10)21-9-3-4-13(16-8-9)14(15)17-18/h3-8,18H,1-2H3,(H2,15,17). The third-order valence-electron chi connectivity index (χ3n) is 2.67. The summed E-state index contributed by atoms with van der Waals surface area (Å²) < 4.78 is 16.0. The first-order valence-electron chi connectivity index (χ1n) is 6.01. The molecule has 0 unspecified atom stereocenters. The van der Waals surface area contributed by atoms with Crippen molar-refractivity contribution in [1.82, 2.24) is 4.98 Å². The highest BCUT2D eigenvalue weighted by Gasteiger charge is 2.06. The minimum Gasteiger partial charge on any atom is -0.496 e. The second kappa shape index (κ2) is 6.47. The first kappa shape index (κ1) is 14.4. The van der Waals surface area contributed by atoms with Crippen molar-refractivity contribution in [2.24, 2.45) is 10.9 Å². The number of rotatable bonds is 5. The van der Waals surface area contributed by atoms with E-state index in [0.29, 0.717) is 28.7 Å². The van der Waals surface area contributed by atoms with Gasteiger partial charge in [-0.25, -0.2) is 4.98 Å². The minimum absolute atomic E-state index is 0.0652. The quantitative estimate of drug-likeness (QED) is 0.378. The molecule has 0 saturated carbocycles. The number of hydrogen-bond acceptors (Lipinski definition) is 6. The van der Waals surface area contributed by atoms with E-state index in [9.17, 15) is 0 Å². The number of nitrogens with zero attached hydrogens (tertiary/aromatic N) is 2. The zero-order valence-corrected chi connectivity index (χ0v) is 11.6. The van der Waals surface area contributed by atoms with Gasteiger partial charge in [0.05, 0.1) is 20.4 Å². The molecule has 0 radical (unpaired) electrons. The van der Waals surface area contributed by atoms with Crippen LogP contribution in [0.15, 0.2) is 41.7 Å². The van der Waals surface area contributed by atoms with Crippen molar-refractivity contribution in [1.29, 1.82) is 0 Å². The van der Waals surface area contributed by atoms with Gasteiger partial charge in [0.2, 0.25) is 0 Å². The lowest BCUT2D eigenvalue weighted by atomic mass is 10.3. The predicted octanol–water partition coefficient (Wildman–Crippen LogP) is 1.99. The molecule has 3 N–H and O–H groups in total. The van der Waals surface area contributed by atoms with Crippen molar-refractivity contribution < 1.29 is 19.4 Å². The van der Waals surface area contributed by atoms with Gasteiger partial charge in [-0.05, 0) is 12.1 Å². The fourth-order valence-corrected chi connectivity index (χ4v) is 1.62. The number of ether oxygens (including phenoxy) is 3. The number of nitrogens with two attached hydrogens (primary N) is 1. The van der Waals surface area contributed by atoms with Crippen molar-refractivity contribution in [3.63, 3.8) is 0 Å². The maximum atomic E-state index is 8.57. The van der Waals surface area contributed by atoms with Crippen LogP contribution in [-0.2, 0) is 0 Å². The van der Waals surface area contributed by atoms with Gasteiger partial charge in [0.1, 0.15) is 28.7 Å².